The Morgan fingerprint density at radius 3 is 2.33 bits per heavy atom. The second-order valence-corrected chi connectivity index (χ2v) is 9.71. The lowest BCUT2D eigenvalue weighted by Crippen LogP contribution is -2.33. The van der Waals surface area contributed by atoms with Gasteiger partial charge in [0.1, 0.15) is 0 Å². The SMILES string of the molecule is COc1ccc2c(CCC3CCN(Cc4cccc5ccccc45)CC3)noc2c1OC.O=C(O)/C=C/C(=O)O. The van der Waals surface area contributed by atoms with E-state index in [-0.39, 0.29) is 0 Å². The van der Waals surface area contributed by atoms with Crippen LogP contribution >= 0.6 is 0 Å². The van der Waals surface area contributed by atoms with Crippen LogP contribution in [0, 0.1) is 5.92 Å². The average molecular weight is 547 g/mol. The summed E-state index contributed by atoms with van der Waals surface area (Å²) in [5.74, 6) is -0.503. The van der Waals surface area contributed by atoms with E-state index in [2.05, 4.69) is 52.5 Å². The van der Waals surface area contributed by atoms with E-state index in [0.29, 0.717) is 29.2 Å². The number of nitrogens with zero attached hydrogens (tertiary/aromatic N) is 2. The molecule has 1 fully saturated rings. The monoisotopic (exact) mass is 546 g/mol. The first-order valence-electron chi connectivity index (χ1n) is 13.2. The van der Waals surface area contributed by atoms with Gasteiger partial charge in [-0.1, -0.05) is 47.6 Å². The molecule has 0 bridgehead atoms. The van der Waals surface area contributed by atoms with E-state index >= 15 is 0 Å². The van der Waals surface area contributed by atoms with Crippen LogP contribution in [0.2, 0.25) is 0 Å². The number of hydrogen-bond donors (Lipinski definition) is 2. The second-order valence-electron chi connectivity index (χ2n) is 9.71. The highest BCUT2D eigenvalue weighted by atomic mass is 16.5. The van der Waals surface area contributed by atoms with Crippen LogP contribution in [-0.4, -0.2) is 59.5 Å². The molecular formula is C31H34N2O7. The highest BCUT2D eigenvalue weighted by Crippen LogP contribution is 2.37. The molecule has 0 atom stereocenters. The third-order valence-corrected chi connectivity index (χ3v) is 7.20. The minimum absolute atomic E-state index is 0.558. The molecule has 210 valence electrons. The van der Waals surface area contributed by atoms with Crippen LogP contribution in [0.3, 0.4) is 0 Å². The number of likely N-dealkylation sites (tertiary alicyclic amines) is 1. The highest BCUT2D eigenvalue weighted by Gasteiger charge is 2.22. The first kappa shape index (κ1) is 28.6. The van der Waals surface area contributed by atoms with Crippen molar-refractivity contribution in [1.82, 2.24) is 10.1 Å². The van der Waals surface area contributed by atoms with E-state index in [1.807, 2.05) is 12.1 Å². The van der Waals surface area contributed by atoms with Gasteiger partial charge >= 0.3 is 11.9 Å². The first-order valence-corrected chi connectivity index (χ1v) is 13.2. The van der Waals surface area contributed by atoms with Crippen LogP contribution in [-0.2, 0) is 22.6 Å². The van der Waals surface area contributed by atoms with Crippen LogP contribution in [0.1, 0.15) is 30.5 Å². The quantitative estimate of drug-likeness (QED) is 0.260. The molecule has 9 heteroatoms. The fraction of sp³-hybridized carbons (Fsp3) is 0.323. The van der Waals surface area contributed by atoms with Crippen molar-refractivity contribution in [2.45, 2.75) is 32.2 Å². The minimum atomic E-state index is -1.26. The number of carbonyl (C=O) groups is 2. The molecule has 9 nitrogen and oxygen atoms in total. The molecule has 2 heterocycles. The lowest BCUT2D eigenvalue weighted by molar-refractivity contribution is -0.134. The topological polar surface area (TPSA) is 122 Å². The zero-order valence-corrected chi connectivity index (χ0v) is 22.7. The number of rotatable bonds is 9. The summed E-state index contributed by atoms with van der Waals surface area (Å²) in [6.07, 6.45) is 5.65. The second kappa shape index (κ2) is 13.6. The molecule has 0 aliphatic carbocycles. The molecule has 0 amide bonds. The van der Waals surface area contributed by atoms with Gasteiger partial charge in [-0.15, -0.1) is 0 Å². The molecule has 1 saturated heterocycles. The Morgan fingerprint density at radius 1 is 0.950 bits per heavy atom. The van der Waals surface area contributed by atoms with Gasteiger partial charge in [-0.05, 0) is 73.2 Å². The van der Waals surface area contributed by atoms with Crippen LogP contribution in [0.25, 0.3) is 21.7 Å². The Bertz CT molecular complexity index is 1460. The van der Waals surface area contributed by atoms with Crippen LogP contribution in [0.4, 0.5) is 0 Å². The van der Waals surface area contributed by atoms with E-state index in [4.69, 9.17) is 24.2 Å². The molecule has 1 aliphatic heterocycles. The van der Waals surface area contributed by atoms with Gasteiger partial charge in [0.15, 0.2) is 5.75 Å². The normalized spacial score (nSPS) is 14.2. The van der Waals surface area contributed by atoms with Crippen LogP contribution in [0.5, 0.6) is 11.5 Å². The number of carboxylic acid groups (broad SMARTS) is 2. The molecule has 2 N–H and O–H groups in total. The third kappa shape index (κ3) is 7.18. The highest BCUT2D eigenvalue weighted by molar-refractivity contribution is 5.89. The molecule has 0 radical (unpaired) electrons. The molecule has 5 rings (SSSR count). The Balaban J connectivity index is 0.000000406. The molecule has 1 aliphatic rings. The number of carboxylic acids is 2. The van der Waals surface area contributed by atoms with Crippen molar-refractivity contribution in [2.24, 2.45) is 5.92 Å². The molecule has 0 saturated carbocycles. The lowest BCUT2D eigenvalue weighted by atomic mass is 9.90. The summed E-state index contributed by atoms with van der Waals surface area (Å²) < 4.78 is 16.5. The van der Waals surface area contributed by atoms with Crippen molar-refractivity contribution in [1.29, 1.82) is 0 Å². The Labute approximate surface area is 232 Å². The van der Waals surface area contributed by atoms with E-state index in [9.17, 15) is 9.59 Å². The van der Waals surface area contributed by atoms with E-state index in [0.717, 1.165) is 49.5 Å². The van der Waals surface area contributed by atoms with Crippen LogP contribution < -0.4 is 9.47 Å². The fourth-order valence-corrected chi connectivity index (χ4v) is 5.13. The van der Waals surface area contributed by atoms with Gasteiger partial charge in [0, 0.05) is 24.1 Å². The zero-order valence-electron chi connectivity index (χ0n) is 22.7. The number of ether oxygens (including phenoxy) is 2. The largest absolute Gasteiger partial charge is 0.493 e. The number of aryl methyl sites for hydroxylation is 1. The maximum Gasteiger partial charge on any atom is 0.328 e. The smallest absolute Gasteiger partial charge is 0.328 e. The van der Waals surface area contributed by atoms with E-state index in [1.54, 1.807) is 14.2 Å². The summed E-state index contributed by atoms with van der Waals surface area (Å²) in [5, 5.41) is 23.7. The van der Waals surface area contributed by atoms with Crippen LogP contribution in [0.15, 0.2) is 71.3 Å². The van der Waals surface area contributed by atoms with E-state index < -0.39 is 11.9 Å². The molecule has 1 aromatic heterocycles. The van der Waals surface area contributed by atoms with Gasteiger partial charge in [-0.3, -0.25) is 4.90 Å². The molecule has 0 spiro atoms. The standard InChI is InChI=1S/C27H30N2O3.C4H4O4/c1-30-25-13-11-23-24(28-32-26(23)27(25)31-2)12-10-19-14-16-29(17-15-19)18-21-8-5-7-20-6-3-4-9-22(20)21;5-3(6)1-2-4(7)8/h3-9,11,13,19H,10,12,14-18H2,1-2H3;1-2H,(H,5,6)(H,7,8)/b;2-1+. The summed E-state index contributed by atoms with van der Waals surface area (Å²) in [7, 11) is 3.26. The number of aromatic nitrogens is 1. The van der Waals surface area contributed by atoms with Crippen molar-refractivity contribution in [3.05, 3.63) is 78.0 Å². The predicted octanol–water partition coefficient (Wildman–Crippen LogP) is 5.55. The summed E-state index contributed by atoms with van der Waals surface area (Å²) in [6, 6.07) is 19.3. The molecule has 0 unspecified atom stereocenters. The van der Waals surface area contributed by atoms with Crippen molar-refractivity contribution in [3.63, 3.8) is 0 Å². The summed E-state index contributed by atoms with van der Waals surface area (Å²) in [6.45, 7) is 3.33. The Kier molecular flexibility index (Phi) is 9.75. The molecule has 4 aromatic rings. The van der Waals surface area contributed by atoms with Crippen molar-refractivity contribution in [3.8, 4) is 11.5 Å². The maximum absolute atomic E-state index is 9.55. The van der Waals surface area contributed by atoms with Crippen molar-refractivity contribution >= 4 is 33.7 Å². The molecular weight excluding hydrogens is 512 g/mol. The number of hydrogen-bond acceptors (Lipinski definition) is 7. The van der Waals surface area contributed by atoms with Gasteiger partial charge < -0.3 is 24.2 Å². The average Bonchev–Trinajstić information content (AvgIpc) is 3.39. The molecule has 3 aromatic carbocycles. The third-order valence-electron chi connectivity index (χ3n) is 7.20. The predicted molar refractivity (Wildman–Crippen MR) is 152 cm³/mol. The molecule has 40 heavy (non-hydrogen) atoms. The van der Waals surface area contributed by atoms with Gasteiger partial charge in [-0.25, -0.2) is 9.59 Å². The van der Waals surface area contributed by atoms with E-state index in [1.165, 1.54) is 29.2 Å². The minimum Gasteiger partial charge on any atom is -0.493 e. The fourth-order valence-electron chi connectivity index (χ4n) is 5.13. The number of aliphatic carboxylic acids is 2. The summed E-state index contributed by atoms with van der Waals surface area (Å²) in [4.78, 5) is 21.7. The van der Waals surface area contributed by atoms with Gasteiger partial charge in [0.05, 0.1) is 19.9 Å². The van der Waals surface area contributed by atoms with Crippen molar-refractivity contribution < 1.29 is 33.8 Å². The zero-order chi connectivity index (χ0) is 28.5. The maximum atomic E-state index is 9.55. The van der Waals surface area contributed by atoms with Crippen molar-refractivity contribution in [2.75, 3.05) is 27.3 Å². The lowest BCUT2D eigenvalue weighted by Gasteiger charge is -2.32. The number of fused-ring (bicyclic) bond motifs is 2. The summed E-state index contributed by atoms with van der Waals surface area (Å²) >= 11 is 0. The van der Waals surface area contributed by atoms with Gasteiger partial charge in [-0.2, -0.15) is 0 Å². The number of benzene rings is 3. The summed E-state index contributed by atoms with van der Waals surface area (Å²) in [5.41, 5.74) is 3.12. The Morgan fingerprint density at radius 2 is 1.65 bits per heavy atom. The first-order chi connectivity index (χ1) is 19.4. The number of methoxy groups -OCH3 is 2. The Hall–Kier alpha value is -4.37. The number of piperidine rings is 1. The van der Waals surface area contributed by atoms with Gasteiger partial charge in [0.2, 0.25) is 11.3 Å². The van der Waals surface area contributed by atoms with Gasteiger partial charge in [0.25, 0.3) is 0 Å².